The highest BCUT2D eigenvalue weighted by Gasteiger charge is 2.35. The summed E-state index contributed by atoms with van der Waals surface area (Å²) in [6.07, 6.45) is 2.37. The molecule has 1 aliphatic carbocycles. The third kappa shape index (κ3) is 2.02. The molecule has 2 rings (SSSR count). The highest BCUT2D eigenvalue weighted by atomic mass is 16.2. The quantitative estimate of drug-likeness (QED) is 0.693. The van der Waals surface area contributed by atoms with Crippen LogP contribution in [-0.2, 0) is 4.79 Å². The molecule has 2 aliphatic rings. The van der Waals surface area contributed by atoms with Crippen molar-refractivity contribution >= 4 is 5.91 Å². The van der Waals surface area contributed by atoms with Crippen molar-refractivity contribution in [3.63, 3.8) is 0 Å². The van der Waals surface area contributed by atoms with Gasteiger partial charge in [0.05, 0.1) is 5.92 Å². The van der Waals surface area contributed by atoms with Crippen molar-refractivity contribution in [2.75, 3.05) is 13.1 Å². The Morgan fingerprint density at radius 3 is 2.46 bits per heavy atom. The minimum absolute atomic E-state index is 0.267. The molecule has 1 saturated carbocycles. The lowest BCUT2D eigenvalue weighted by atomic mass is 9.97. The van der Waals surface area contributed by atoms with Gasteiger partial charge in [-0.25, -0.2) is 0 Å². The number of hydrogen-bond acceptors (Lipinski definition) is 2. The fraction of sp³-hybridized carbons (Fsp3) is 0.900. The van der Waals surface area contributed by atoms with Crippen LogP contribution in [0, 0.1) is 5.92 Å². The molecule has 1 aliphatic heterocycles. The van der Waals surface area contributed by atoms with E-state index in [0.717, 1.165) is 13.1 Å². The minimum atomic E-state index is 0.267. The molecule has 0 bridgehead atoms. The maximum absolute atomic E-state index is 11.5. The Labute approximate surface area is 79.5 Å². The summed E-state index contributed by atoms with van der Waals surface area (Å²) in [5.74, 6) is 0.544. The lowest BCUT2D eigenvalue weighted by Gasteiger charge is -2.41. The fourth-order valence-corrected chi connectivity index (χ4v) is 1.65. The van der Waals surface area contributed by atoms with E-state index >= 15 is 0 Å². The van der Waals surface area contributed by atoms with Crippen molar-refractivity contribution in [2.45, 2.75) is 38.8 Å². The molecular formula is C10H18N2O. The summed E-state index contributed by atoms with van der Waals surface area (Å²) < 4.78 is 0. The van der Waals surface area contributed by atoms with Crippen LogP contribution in [0.4, 0.5) is 0 Å². The zero-order valence-electron chi connectivity index (χ0n) is 8.42. The largest absolute Gasteiger partial charge is 0.353 e. The Kier molecular flexibility index (Phi) is 2.28. The van der Waals surface area contributed by atoms with Crippen LogP contribution in [0.5, 0.6) is 0 Å². The predicted molar refractivity (Wildman–Crippen MR) is 51.4 cm³/mol. The molecule has 0 unspecified atom stereocenters. The van der Waals surface area contributed by atoms with E-state index in [2.05, 4.69) is 24.1 Å². The SMILES string of the molecule is CC(C)N1CC(C(=O)NC2CC2)C1. The van der Waals surface area contributed by atoms with E-state index in [4.69, 9.17) is 0 Å². The van der Waals surface area contributed by atoms with E-state index in [1.807, 2.05) is 0 Å². The lowest BCUT2D eigenvalue weighted by Crippen LogP contribution is -2.56. The molecular weight excluding hydrogens is 164 g/mol. The molecule has 1 amide bonds. The monoisotopic (exact) mass is 182 g/mol. The molecule has 3 heteroatoms. The number of hydrogen-bond donors (Lipinski definition) is 1. The van der Waals surface area contributed by atoms with Gasteiger partial charge in [0.15, 0.2) is 0 Å². The first-order valence-corrected chi connectivity index (χ1v) is 5.21. The van der Waals surface area contributed by atoms with E-state index < -0.39 is 0 Å². The summed E-state index contributed by atoms with van der Waals surface area (Å²) in [6, 6.07) is 1.10. The molecule has 0 aromatic heterocycles. The van der Waals surface area contributed by atoms with Crippen molar-refractivity contribution in [3.05, 3.63) is 0 Å². The van der Waals surface area contributed by atoms with Crippen LogP contribution < -0.4 is 5.32 Å². The van der Waals surface area contributed by atoms with Crippen molar-refractivity contribution < 1.29 is 4.79 Å². The second-order valence-electron chi connectivity index (χ2n) is 4.53. The van der Waals surface area contributed by atoms with Crippen LogP contribution in [-0.4, -0.2) is 36.0 Å². The topological polar surface area (TPSA) is 32.3 Å². The van der Waals surface area contributed by atoms with Crippen LogP contribution in [0.3, 0.4) is 0 Å². The van der Waals surface area contributed by atoms with Crippen LogP contribution in [0.15, 0.2) is 0 Å². The number of carbonyl (C=O) groups is 1. The molecule has 0 aromatic carbocycles. The number of amides is 1. The zero-order chi connectivity index (χ0) is 9.42. The number of rotatable bonds is 3. The average molecular weight is 182 g/mol. The zero-order valence-corrected chi connectivity index (χ0v) is 8.42. The summed E-state index contributed by atoms with van der Waals surface area (Å²) in [5, 5.41) is 3.05. The molecule has 0 aromatic rings. The van der Waals surface area contributed by atoms with Gasteiger partial charge in [-0.2, -0.15) is 0 Å². The Morgan fingerprint density at radius 2 is 2.00 bits per heavy atom. The number of carbonyl (C=O) groups excluding carboxylic acids is 1. The van der Waals surface area contributed by atoms with Crippen molar-refractivity contribution in [1.29, 1.82) is 0 Å². The highest BCUT2D eigenvalue weighted by molar-refractivity contribution is 5.80. The first kappa shape index (κ1) is 9.00. The summed E-state index contributed by atoms with van der Waals surface area (Å²) in [6.45, 7) is 6.26. The summed E-state index contributed by atoms with van der Waals surface area (Å²) >= 11 is 0. The Hall–Kier alpha value is -0.570. The molecule has 1 heterocycles. The maximum Gasteiger partial charge on any atom is 0.225 e. The third-order valence-corrected chi connectivity index (χ3v) is 2.93. The number of nitrogens with one attached hydrogen (secondary N) is 1. The van der Waals surface area contributed by atoms with Gasteiger partial charge in [-0.3, -0.25) is 9.69 Å². The molecule has 3 nitrogen and oxygen atoms in total. The molecule has 74 valence electrons. The van der Waals surface area contributed by atoms with E-state index in [-0.39, 0.29) is 11.8 Å². The van der Waals surface area contributed by atoms with Gasteiger partial charge in [0.25, 0.3) is 0 Å². The van der Waals surface area contributed by atoms with Gasteiger partial charge in [0, 0.05) is 25.2 Å². The first-order valence-electron chi connectivity index (χ1n) is 5.21. The Morgan fingerprint density at radius 1 is 1.38 bits per heavy atom. The Bertz CT molecular complexity index is 205. The highest BCUT2D eigenvalue weighted by Crippen LogP contribution is 2.22. The van der Waals surface area contributed by atoms with Crippen LogP contribution >= 0.6 is 0 Å². The van der Waals surface area contributed by atoms with E-state index in [0.29, 0.717) is 12.1 Å². The third-order valence-electron chi connectivity index (χ3n) is 2.93. The lowest BCUT2D eigenvalue weighted by molar-refractivity contribution is -0.131. The fourth-order valence-electron chi connectivity index (χ4n) is 1.65. The standard InChI is InChI=1S/C10H18N2O/c1-7(2)12-5-8(6-12)10(13)11-9-3-4-9/h7-9H,3-6H2,1-2H3,(H,11,13). The molecule has 0 radical (unpaired) electrons. The number of likely N-dealkylation sites (tertiary alicyclic amines) is 1. The van der Waals surface area contributed by atoms with Gasteiger partial charge in [0.2, 0.25) is 5.91 Å². The summed E-state index contributed by atoms with van der Waals surface area (Å²) in [4.78, 5) is 13.8. The second kappa shape index (κ2) is 3.29. The molecule has 13 heavy (non-hydrogen) atoms. The van der Waals surface area contributed by atoms with Crippen molar-refractivity contribution in [1.82, 2.24) is 10.2 Å². The van der Waals surface area contributed by atoms with Crippen molar-refractivity contribution in [2.24, 2.45) is 5.92 Å². The molecule has 1 saturated heterocycles. The minimum Gasteiger partial charge on any atom is -0.353 e. The van der Waals surface area contributed by atoms with Gasteiger partial charge in [0.1, 0.15) is 0 Å². The average Bonchev–Trinajstić information content (AvgIpc) is 2.66. The molecule has 1 N–H and O–H groups in total. The van der Waals surface area contributed by atoms with Gasteiger partial charge in [-0.05, 0) is 26.7 Å². The molecule has 0 atom stereocenters. The van der Waals surface area contributed by atoms with Gasteiger partial charge < -0.3 is 5.32 Å². The van der Waals surface area contributed by atoms with Gasteiger partial charge >= 0.3 is 0 Å². The molecule has 2 fully saturated rings. The van der Waals surface area contributed by atoms with Crippen LogP contribution in [0.2, 0.25) is 0 Å². The first-order chi connectivity index (χ1) is 6.16. The number of nitrogens with zero attached hydrogens (tertiary/aromatic N) is 1. The van der Waals surface area contributed by atoms with Crippen molar-refractivity contribution in [3.8, 4) is 0 Å². The molecule has 0 spiro atoms. The van der Waals surface area contributed by atoms with Gasteiger partial charge in [-0.15, -0.1) is 0 Å². The Balaban J connectivity index is 1.69. The van der Waals surface area contributed by atoms with Crippen LogP contribution in [0.25, 0.3) is 0 Å². The second-order valence-corrected chi connectivity index (χ2v) is 4.53. The van der Waals surface area contributed by atoms with Crippen LogP contribution in [0.1, 0.15) is 26.7 Å². The van der Waals surface area contributed by atoms with E-state index in [9.17, 15) is 4.79 Å². The van der Waals surface area contributed by atoms with Gasteiger partial charge in [-0.1, -0.05) is 0 Å². The summed E-state index contributed by atoms with van der Waals surface area (Å²) in [5.41, 5.74) is 0. The maximum atomic E-state index is 11.5. The normalized spacial score (nSPS) is 24.5. The smallest absolute Gasteiger partial charge is 0.225 e. The summed E-state index contributed by atoms with van der Waals surface area (Å²) in [7, 11) is 0. The predicted octanol–water partition coefficient (Wildman–Crippen LogP) is 0.605. The van der Waals surface area contributed by atoms with E-state index in [1.54, 1.807) is 0 Å². The van der Waals surface area contributed by atoms with E-state index in [1.165, 1.54) is 12.8 Å².